The molecule has 0 heterocycles. The van der Waals surface area contributed by atoms with Gasteiger partial charge in [-0.15, -0.1) is 0 Å². The molecule has 0 fully saturated rings. The van der Waals surface area contributed by atoms with Gasteiger partial charge in [-0.3, -0.25) is 38.4 Å². The SMILES string of the molecule is CCC(=O)C[C@@H](CCC(=O)N[C@@H](CCC(=O)C[C@@H](CCC(=O)N[C@@H](CCC(=O)NCCCC[C@H](CC)C(C)=O)C(=O)O)C(=O)O)C(=O)O)C(=O)O. The van der Waals surface area contributed by atoms with E-state index in [4.69, 9.17) is 0 Å². The van der Waals surface area contributed by atoms with Gasteiger partial charge in [0.2, 0.25) is 17.7 Å². The number of carbonyl (C=O) groups excluding carboxylic acids is 6. The van der Waals surface area contributed by atoms with Crippen molar-refractivity contribution in [2.24, 2.45) is 17.8 Å². The number of rotatable bonds is 30. The van der Waals surface area contributed by atoms with Crippen LogP contribution in [0.15, 0.2) is 0 Å². The standard InChI is InChI=1S/C34H53N3O14/c1-4-21(20(3)38)8-6-7-17-35-28(41)16-13-27(34(50)51)37-30(43)15-10-23(32(46)47)19-25(40)11-12-26(33(48)49)36-29(42)14-9-22(31(44)45)18-24(39)5-2/h21-23,26-27H,4-19H2,1-3H3,(H,35,41)(H,36,42)(H,37,43)(H,44,45)(H,46,47)(H,48,49)(H,50,51)/t21-,22+,23+,26-,27-/m0/s1. The average molecular weight is 728 g/mol. The van der Waals surface area contributed by atoms with Gasteiger partial charge in [-0.2, -0.15) is 0 Å². The Morgan fingerprint density at radius 2 is 0.961 bits per heavy atom. The van der Waals surface area contributed by atoms with Crippen molar-refractivity contribution in [1.82, 2.24) is 16.0 Å². The first-order valence-electron chi connectivity index (χ1n) is 17.2. The predicted molar refractivity (Wildman–Crippen MR) is 179 cm³/mol. The van der Waals surface area contributed by atoms with Gasteiger partial charge in [0.05, 0.1) is 11.8 Å². The molecule has 51 heavy (non-hydrogen) atoms. The number of carboxylic acid groups (broad SMARTS) is 4. The van der Waals surface area contributed by atoms with Crippen LogP contribution in [0.4, 0.5) is 0 Å². The summed E-state index contributed by atoms with van der Waals surface area (Å²) in [7, 11) is 0. The Hall–Kier alpha value is -4.70. The zero-order valence-corrected chi connectivity index (χ0v) is 29.6. The molecule has 0 aliphatic carbocycles. The van der Waals surface area contributed by atoms with Crippen LogP contribution in [0.3, 0.4) is 0 Å². The third-order valence-corrected chi connectivity index (χ3v) is 8.49. The normalized spacial score (nSPS) is 13.8. The minimum absolute atomic E-state index is 0.0187. The molecular weight excluding hydrogens is 674 g/mol. The number of ketones is 3. The Bertz CT molecular complexity index is 1250. The van der Waals surface area contributed by atoms with Crippen LogP contribution in [0.25, 0.3) is 0 Å². The molecule has 17 heteroatoms. The van der Waals surface area contributed by atoms with Gasteiger partial charge in [-0.05, 0) is 51.9 Å². The molecule has 0 saturated carbocycles. The lowest BCUT2D eigenvalue weighted by molar-refractivity contribution is -0.145. The maximum Gasteiger partial charge on any atom is 0.326 e. The molecule has 0 rings (SSSR count). The van der Waals surface area contributed by atoms with Crippen molar-refractivity contribution in [3.8, 4) is 0 Å². The van der Waals surface area contributed by atoms with E-state index in [0.29, 0.717) is 19.4 Å². The average Bonchev–Trinajstić information content (AvgIpc) is 3.05. The van der Waals surface area contributed by atoms with Crippen LogP contribution in [0.2, 0.25) is 0 Å². The van der Waals surface area contributed by atoms with Gasteiger partial charge in [0.15, 0.2) is 0 Å². The van der Waals surface area contributed by atoms with E-state index in [1.54, 1.807) is 13.8 Å². The second kappa shape index (κ2) is 25.3. The summed E-state index contributed by atoms with van der Waals surface area (Å²) in [6, 6.07) is -2.96. The van der Waals surface area contributed by atoms with E-state index in [1.807, 2.05) is 6.92 Å². The summed E-state index contributed by atoms with van der Waals surface area (Å²) in [6.07, 6.45) is -0.520. The number of aliphatic carboxylic acids is 4. The number of Topliss-reactive ketones (excluding diaryl/α,β-unsaturated/α-hetero) is 3. The third-order valence-electron chi connectivity index (χ3n) is 8.49. The molecule has 0 aromatic rings. The van der Waals surface area contributed by atoms with E-state index in [0.717, 1.165) is 12.8 Å². The molecule has 0 spiro atoms. The lowest BCUT2D eigenvalue weighted by Crippen LogP contribution is -2.42. The van der Waals surface area contributed by atoms with Crippen LogP contribution in [0.5, 0.6) is 0 Å². The van der Waals surface area contributed by atoms with Crippen molar-refractivity contribution in [2.75, 3.05) is 6.54 Å². The molecule has 0 saturated heterocycles. The highest BCUT2D eigenvalue weighted by molar-refractivity contribution is 5.88. The van der Waals surface area contributed by atoms with Gasteiger partial charge in [-0.25, -0.2) is 9.59 Å². The van der Waals surface area contributed by atoms with Crippen molar-refractivity contribution in [1.29, 1.82) is 0 Å². The highest BCUT2D eigenvalue weighted by Crippen LogP contribution is 2.17. The number of nitrogens with one attached hydrogen (secondary N) is 3. The van der Waals surface area contributed by atoms with Crippen LogP contribution < -0.4 is 16.0 Å². The van der Waals surface area contributed by atoms with Crippen molar-refractivity contribution < 1.29 is 68.4 Å². The summed E-state index contributed by atoms with van der Waals surface area (Å²) in [5.74, 6) is -10.9. The summed E-state index contributed by atoms with van der Waals surface area (Å²) in [5.41, 5.74) is 0. The largest absolute Gasteiger partial charge is 0.481 e. The molecule has 0 unspecified atom stereocenters. The van der Waals surface area contributed by atoms with Crippen LogP contribution in [0, 0.1) is 17.8 Å². The smallest absolute Gasteiger partial charge is 0.326 e. The predicted octanol–water partition coefficient (Wildman–Crippen LogP) is 1.88. The quantitative estimate of drug-likeness (QED) is 0.0520. The Labute approximate surface area is 296 Å². The summed E-state index contributed by atoms with van der Waals surface area (Å²) >= 11 is 0. The van der Waals surface area contributed by atoms with E-state index in [-0.39, 0.29) is 62.4 Å². The third kappa shape index (κ3) is 21.2. The Balaban J connectivity index is 4.81. The molecule has 0 radical (unpaired) electrons. The summed E-state index contributed by atoms with van der Waals surface area (Å²) in [5, 5.41) is 44.9. The van der Waals surface area contributed by atoms with Crippen LogP contribution in [0.1, 0.15) is 117 Å². The van der Waals surface area contributed by atoms with Gasteiger partial charge < -0.3 is 36.4 Å². The summed E-state index contributed by atoms with van der Waals surface area (Å²) in [4.78, 5) is 119. The van der Waals surface area contributed by atoms with Crippen LogP contribution in [-0.4, -0.2) is 98.0 Å². The molecule has 7 N–H and O–H groups in total. The second-order valence-electron chi connectivity index (χ2n) is 12.5. The number of carboxylic acids is 4. The van der Waals surface area contributed by atoms with E-state index >= 15 is 0 Å². The lowest BCUT2D eigenvalue weighted by Gasteiger charge is -2.17. The summed E-state index contributed by atoms with van der Waals surface area (Å²) in [6.45, 7) is 5.38. The fourth-order valence-electron chi connectivity index (χ4n) is 5.19. The number of hydrogen-bond acceptors (Lipinski definition) is 10. The molecule has 0 aliphatic heterocycles. The van der Waals surface area contributed by atoms with E-state index in [1.165, 1.54) is 0 Å². The van der Waals surface area contributed by atoms with Gasteiger partial charge >= 0.3 is 23.9 Å². The minimum Gasteiger partial charge on any atom is -0.481 e. The first-order chi connectivity index (χ1) is 23.9. The molecule has 17 nitrogen and oxygen atoms in total. The zero-order valence-electron chi connectivity index (χ0n) is 29.6. The Morgan fingerprint density at radius 1 is 0.510 bits per heavy atom. The number of carbonyl (C=O) groups is 10. The highest BCUT2D eigenvalue weighted by atomic mass is 16.4. The number of unbranched alkanes of at least 4 members (excludes halogenated alkanes) is 1. The minimum atomic E-state index is -1.53. The zero-order chi connectivity index (χ0) is 39.1. The first-order valence-corrected chi connectivity index (χ1v) is 17.2. The molecule has 0 aromatic heterocycles. The maximum absolute atomic E-state index is 12.5. The van der Waals surface area contributed by atoms with Gasteiger partial charge in [0.25, 0.3) is 0 Å². The van der Waals surface area contributed by atoms with Crippen LogP contribution in [-0.2, 0) is 47.9 Å². The van der Waals surface area contributed by atoms with Crippen molar-refractivity contribution in [3.05, 3.63) is 0 Å². The van der Waals surface area contributed by atoms with Gasteiger partial charge in [0.1, 0.15) is 29.4 Å². The fraction of sp³-hybridized carbons (Fsp3) is 0.706. The van der Waals surface area contributed by atoms with Gasteiger partial charge in [0, 0.05) is 57.4 Å². The summed E-state index contributed by atoms with van der Waals surface area (Å²) < 4.78 is 0. The monoisotopic (exact) mass is 727 g/mol. The topological polar surface area (TPSA) is 288 Å². The van der Waals surface area contributed by atoms with E-state index < -0.39 is 97.0 Å². The van der Waals surface area contributed by atoms with Crippen molar-refractivity contribution in [3.63, 3.8) is 0 Å². The first kappa shape index (κ1) is 46.3. The number of amides is 3. The fourth-order valence-corrected chi connectivity index (χ4v) is 5.19. The molecule has 3 amide bonds. The molecule has 0 bridgehead atoms. The lowest BCUT2D eigenvalue weighted by atomic mass is 9.94. The Kier molecular flexibility index (Phi) is 23.0. The molecular formula is C34H53N3O14. The van der Waals surface area contributed by atoms with E-state index in [2.05, 4.69) is 16.0 Å². The second-order valence-corrected chi connectivity index (χ2v) is 12.5. The van der Waals surface area contributed by atoms with Crippen molar-refractivity contribution >= 4 is 58.9 Å². The van der Waals surface area contributed by atoms with Crippen LogP contribution >= 0.6 is 0 Å². The maximum atomic E-state index is 12.5. The van der Waals surface area contributed by atoms with Crippen molar-refractivity contribution in [2.45, 2.75) is 129 Å². The highest BCUT2D eigenvalue weighted by Gasteiger charge is 2.28. The Morgan fingerprint density at radius 3 is 1.37 bits per heavy atom. The molecule has 5 atom stereocenters. The van der Waals surface area contributed by atoms with E-state index in [9.17, 15) is 68.4 Å². The van der Waals surface area contributed by atoms with Gasteiger partial charge in [-0.1, -0.05) is 20.3 Å². The molecule has 0 aromatic carbocycles. The molecule has 0 aliphatic rings. The number of hydrogen-bond donors (Lipinski definition) is 7. The molecule has 288 valence electrons.